The van der Waals surface area contributed by atoms with E-state index in [0.717, 1.165) is 17.1 Å². The van der Waals surface area contributed by atoms with Gasteiger partial charge in [0, 0.05) is 18.4 Å². The van der Waals surface area contributed by atoms with Crippen molar-refractivity contribution >= 4 is 17.5 Å². The molecule has 0 aliphatic rings. The summed E-state index contributed by atoms with van der Waals surface area (Å²) in [6.45, 7) is 3.30. The topological polar surface area (TPSA) is 75.3 Å². The van der Waals surface area contributed by atoms with Crippen LogP contribution >= 0.6 is 0 Å². The van der Waals surface area contributed by atoms with Gasteiger partial charge in [-0.1, -0.05) is 24.3 Å². The van der Waals surface area contributed by atoms with E-state index in [4.69, 9.17) is 5.73 Å². The summed E-state index contributed by atoms with van der Waals surface area (Å²) in [4.78, 5) is 8.44. The Bertz CT molecular complexity index is 565. The van der Waals surface area contributed by atoms with Crippen molar-refractivity contribution in [1.29, 1.82) is 0 Å². The molecule has 1 aromatic carbocycles. The van der Waals surface area contributed by atoms with Crippen LogP contribution in [0.4, 0.5) is 11.5 Å². The first-order chi connectivity index (χ1) is 9.75. The molecule has 0 saturated carbocycles. The zero-order chi connectivity index (χ0) is 14.2. The average Bonchev–Trinajstić information content (AvgIpc) is 2.47. The molecule has 0 unspecified atom stereocenters. The van der Waals surface area contributed by atoms with Crippen molar-refractivity contribution in [2.75, 3.05) is 23.7 Å². The van der Waals surface area contributed by atoms with Crippen molar-refractivity contribution in [3.8, 4) is 0 Å². The number of rotatable bonds is 5. The fourth-order valence-electron chi connectivity index (χ4n) is 1.72. The number of anilines is 2. The van der Waals surface area contributed by atoms with Gasteiger partial charge in [-0.05, 0) is 30.7 Å². The largest absolute Gasteiger partial charge is 0.370 e. The van der Waals surface area contributed by atoms with Crippen LogP contribution in [0.5, 0.6) is 0 Å². The molecule has 0 saturated heterocycles. The number of hydrogen-bond donors (Lipinski definition) is 3. The summed E-state index contributed by atoms with van der Waals surface area (Å²) in [5.41, 5.74) is 7.96. The Hall–Kier alpha value is -2.56. The molecule has 0 aliphatic carbocycles. The highest BCUT2D eigenvalue weighted by molar-refractivity contribution is 5.92. The number of aryl methyl sites for hydroxylation is 1. The number of nitrogens with zero attached hydrogens (tertiary/aromatic N) is 2. The minimum absolute atomic E-state index is 0.419. The fraction of sp³-hybridized carbons (Fsp3) is 0.200. The second-order valence-corrected chi connectivity index (χ2v) is 4.35. The number of nitrogens with two attached hydrogens (primary N) is 1. The Morgan fingerprint density at radius 1 is 1.20 bits per heavy atom. The third kappa shape index (κ3) is 4.28. The first kappa shape index (κ1) is 13.9. The predicted molar refractivity (Wildman–Crippen MR) is 84.0 cm³/mol. The Morgan fingerprint density at radius 2 is 2.00 bits per heavy atom. The van der Waals surface area contributed by atoms with Gasteiger partial charge >= 0.3 is 0 Å². The predicted octanol–water partition coefficient (Wildman–Crippen LogP) is 2.23. The Kier molecular flexibility index (Phi) is 4.94. The molecule has 0 radical (unpaired) electrons. The standard InChI is InChI=1S/C15H19N5/c1-12-6-2-3-7-13(12)20-15(16)19-11-10-18-14-8-4-5-9-17-14/h2-9H,10-11H2,1H3,(H,17,18)(H3,16,19,20). The molecule has 0 aliphatic heterocycles. The fourth-order valence-corrected chi connectivity index (χ4v) is 1.72. The van der Waals surface area contributed by atoms with Gasteiger partial charge in [0.05, 0.1) is 6.54 Å². The van der Waals surface area contributed by atoms with Crippen molar-refractivity contribution in [1.82, 2.24) is 4.98 Å². The smallest absolute Gasteiger partial charge is 0.193 e. The van der Waals surface area contributed by atoms with Gasteiger partial charge in [-0.15, -0.1) is 0 Å². The number of benzene rings is 1. The van der Waals surface area contributed by atoms with Gasteiger partial charge in [0.15, 0.2) is 5.96 Å². The monoisotopic (exact) mass is 269 g/mol. The summed E-state index contributed by atoms with van der Waals surface area (Å²) < 4.78 is 0. The van der Waals surface area contributed by atoms with E-state index in [1.807, 2.05) is 49.4 Å². The molecule has 0 bridgehead atoms. The van der Waals surface area contributed by atoms with Gasteiger partial charge in [-0.2, -0.15) is 0 Å². The van der Waals surface area contributed by atoms with E-state index in [1.165, 1.54) is 0 Å². The Balaban J connectivity index is 1.78. The molecular weight excluding hydrogens is 250 g/mol. The quantitative estimate of drug-likeness (QED) is 0.442. The first-order valence-corrected chi connectivity index (χ1v) is 6.53. The van der Waals surface area contributed by atoms with E-state index in [-0.39, 0.29) is 0 Å². The molecule has 1 aromatic heterocycles. The summed E-state index contributed by atoms with van der Waals surface area (Å²) in [5.74, 6) is 1.26. The Morgan fingerprint density at radius 3 is 2.75 bits per heavy atom. The highest BCUT2D eigenvalue weighted by atomic mass is 15.1. The van der Waals surface area contributed by atoms with Crippen LogP contribution < -0.4 is 16.4 Å². The molecule has 0 fully saturated rings. The van der Waals surface area contributed by atoms with Gasteiger partial charge in [0.2, 0.25) is 0 Å². The lowest BCUT2D eigenvalue weighted by atomic mass is 10.2. The van der Waals surface area contributed by atoms with Crippen LogP contribution in [0.3, 0.4) is 0 Å². The van der Waals surface area contributed by atoms with Gasteiger partial charge < -0.3 is 16.4 Å². The molecule has 5 heteroatoms. The number of aromatic nitrogens is 1. The third-order valence-corrected chi connectivity index (χ3v) is 2.77. The molecule has 20 heavy (non-hydrogen) atoms. The van der Waals surface area contributed by atoms with Crippen LogP contribution in [0.15, 0.2) is 53.7 Å². The van der Waals surface area contributed by atoms with Crippen LogP contribution in [0.1, 0.15) is 5.56 Å². The number of para-hydroxylation sites is 1. The Labute approximate surface area is 119 Å². The third-order valence-electron chi connectivity index (χ3n) is 2.77. The molecule has 4 N–H and O–H groups in total. The molecule has 0 atom stereocenters. The highest BCUT2D eigenvalue weighted by Gasteiger charge is 1.97. The van der Waals surface area contributed by atoms with Gasteiger partial charge in [-0.25, -0.2) is 4.98 Å². The maximum absolute atomic E-state index is 5.85. The average molecular weight is 269 g/mol. The van der Waals surface area contributed by atoms with Gasteiger partial charge in [0.25, 0.3) is 0 Å². The van der Waals surface area contributed by atoms with Crippen molar-refractivity contribution in [3.05, 3.63) is 54.2 Å². The summed E-state index contributed by atoms with van der Waals surface area (Å²) in [6, 6.07) is 13.7. The van der Waals surface area contributed by atoms with E-state index in [2.05, 4.69) is 20.6 Å². The van der Waals surface area contributed by atoms with Gasteiger partial charge in [0.1, 0.15) is 5.82 Å². The number of aliphatic imine (C=N–C) groups is 1. The maximum atomic E-state index is 5.85. The molecule has 104 valence electrons. The number of pyridine rings is 1. The molecule has 5 nitrogen and oxygen atoms in total. The van der Waals surface area contributed by atoms with E-state index >= 15 is 0 Å². The number of nitrogens with one attached hydrogen (secondary N) is 2. The lowest BCUT2D eigenvalue weighted by Crippen LogP contribution is -2.24. The lowest BCUT2D eigenvalue weighted by Gasteiger charge is -2.08. The molecule has 0 spiro atoms. The van der Waals surface area contributed by atoms with Crippen molar-refractivity contribution in [2.24, 2.45) is 10.7 Å². The first-order valence-electron chi connectivity index (χ1n) is 6.53. The van der Waals surface area contributed by atoms with E-state index < -0.39 is 0 Å². The van der Waals surface area contributed by atoms with Crippen LogP contribution in [-0.2, 0) is 0 Å². The molecule has 2 rings (SSSR count). The highest BCUT2D eigenvalue weighted by Crippen LogP contribution is 2.12. The SMILES string of the molecule is Cc1ccccc1NC(N)=NCCNc1ccccn1. The number of guanidine groups is 1. The summed E-state index contributed by atoms with van der Waals surface area (Å²) in [5, 5.41) is 6.27. The molecule has 2 aromatic rings. The molecule has 0 amide bonds. The zero-order valence-electron chi connectivity index (χ0n) is 11.5. The zero-order valence-corrected chi connectivity index (χ0v) is 11.5. The van der Waals surface area contributed by atoms with Crippen LogP contribution in [0.2, 0.25) is 0 Å². The minimum Gasteiger partial charge on any atom is -0.370 e. The van der Waals surface area contributed by atoms with Crippen LogP contribution in [0, 0.1) is 6.92 Å². The van der Waals surface area contributed by atoms with E-state index in [9.17, 15) is 0 Å². The van der Waals surface area contributed by atoms with Crippen LogP contribution in [0.25, 0.3) is 0 Å². The van der Waals surface area contributed by atoms with Crippen molar-refractivity contribution in [3.63, 3.8) is 0 Å². The lowest BCUT2D eigenvalue weighted by molar-refractivity contribution is 1.01. The van der Waals surface area contributed by atoms with Crippen molar-refractivity contribution in [2.45, 2.75) is 6.92 Å². The second kappa shape index (κ2) is 7.13. The maximum Gasteiger partial charge on any atom is 0.193 e. The van der Waals surface area contributed by atoms with Crippen LogP contribution in [-0.4, -0.2) is 24.0 Å². The van der Waals surface area contributed by atoms with E-state index in [1.54, 1.807) is 6.20 Å². The number of hydrogen-bond acceptors (Lipinski definition) is 3. The summed E-state index contributed by atoms with van der Waals surface area (Å²) >= 11 is 0. The molecular formula is C15H19N5. The normalized spacial score (nSPS) is 11.2. The van der Waals surface area contributed by atoms with E-state index in [0.29, 0.717) is 19.0 Å². The molecule has 1 heterocycles. The second-order valence-electron chi connectivity index (χ2n) is 4.35. The minimum atomic E-state index is 0.419. The summed E-state index contributed by atoms with van der Waals surface area (Å²) in [6.07, 6.45) is 1.75. The van der Waals surface area contributed by atoms with Crippen molar-refractivity contribution < 1.29 is 0 Å². The summed E-state index contributed by atoms with van der Waals surface area (Å²) in [7, 11) is 0. The van der Waals surface area contributed by atoms with Gasteiger partial charge in [-0.3, -0.25) is 4.99 Å².